The number of halogens is 1. The van der Waals surface area contributed by atoms with E-state index >= 15 is 0 Å². The summed E-state index contributed by atoms with van der Waals surface area (Å²) in [7, 11) is 0. The standard InChI is InChI=1S/C23H27ClN2O3/c1-2-29-23(28)19-12-14-26(15-13-19)16-21(27)25-22(17-6-4-3-5-7-17)18-8-10-20(24)11-9-18/h3-11,19,22H,2,12-16H2,1H3,(H,25,27). The SMILES string of the molecule is CCOC(=O)C1CCN(CC(=O)NC(c2ccccc2)c2ccc(Cl)cc2)CC1. The Morgan fingerprint density at radius 2 is 1.69 bits per heavy atom. The Balaban J connectivity index is 1.61. The summed E-state index contributed by atoms with van der Waals surface area (Å²) in [6, 6.07) is 17.2. The predicted molar refractivity (Wildman–Crippen MR) is 114 cm³/mol. The number of benzene rings is 2. The number of piperidine rings is 1. The molecule has 29 heavy (non-hydrogen) atoms. The summed E-state index contributed by atoms with van der Waals surface area (Å²) >= 11 is 6.02. The fraction of sp³-hybridized carbons (Fsp3) is 0.391. The van der Waals surface area contributed by atoms with Gasteiger partial charge in [0.05, 0.1) is 25.1 Å². The van der Waals surface area contributed by atoms with E-state index in [1.54, 1.807) is 0 Å². The topological polar surface area (TPSA) is 58.6 Å². The number of carbonyl (C=O) groups is 2. The molecule has 1 unspecified atom stereocenters. The molecule has 2 aromatic rings. The van der Waals surface area contributed by atoms with Crippen molar-refractivity contribution in [2.45, 2.75) is 25.8 Å². The van der Waals surface area contributed by atoms with Crippen LogP contribution in [0.15, 0.2) is 54.6 Å². The van der Waals surface area contributed by atoms with E-state index in [0.29, 0.717) is 31.3 Å². The largest absolute Gasteiger partial charge is 0.466 e. The number of amides is 1. The summed E-state index contributed by atoms with van der Waals surface area (Å²) in [5.74, 6) is -0.215. The monoisotopic (exact) mass is 414 g/mol. The van der Waals surface area contributed by atoms with Crippen LogP contribution in [-0.2, 0) is 14.3 Å². The molecule has 1 N–H and O–H groups in total. The first-order valence-electron chi connectivity index (χ1n) is 10.1. The molecule has 0 bridgehead atoms. The van der Waals surface area contributed by atoms with Gasteiger partial charge in [-0.15, -0.1) is 0 Å². The minimum absolute atomic E-state index is 0.0385. The van der Waals surface area contributed by atoms with Gasteiger partial charge in [-0.05, 0) is 56.1 Å². The molecule has 0 spiro atoms. The van der Waals surface area contributed by atoms with Crippen molar-refractivity contribution in [3.8, 4) is 0 Å². The summed E-state index contributed by atoms with van der Waals surface area (Å²) < 4.78 is 5.11. The van der Waals surface area contributed by atoms with E-state index in [9.17, 15) is 9.59 Å². The third kappa shape index (κ3) is 6.05. The third-order valence-electron chi connectivity index (χ3n) is 5.22. The van der Waals surface area contributed by atoms with Crippen LogP contribution < -0.4 is 5.32 Å². The molecule has 1 saturated heterocycles. The van der Waals surface area contributed by atoms with Crippen LogP contribution in [0.4, 0.5) is 0 Å². The Kier molecular flexibility index (Phi) is 7.67. The molecule has 0 aliphatic carbocycles. The second kappa shape index (κ2) is 10.4. The van der Waals surface area contributed by atoms with Gasteiger partial charge in [0, 0.05) is 5.02 Å². The van der Waals surface area contributed by atoms with E-state index < -0.39 is 0 Å². The summed E-state index contributed by atoms with van der Waals surface area (Å²) in [6.45, 7) is 3.97. The molecule has 6 heteroatoms. The van der Waals surface area contributed by atoms with Crippen LogP contribution in [0.5, 0.6) is 0 Å². The van der Waals surface area contributed by atoms with E-state index in [1.807, 2.05) is 61.5 Å². The lowest BCUT2D eigenvalue weighted by Gasteiger charge is -2.31. The number of ether oxygens (including phenoxy) is 1. The van der Waals surface area contributed by atoms with E-state index in [-0.39, 0.29) is 23.8 Å². The van der Waals surface area contributed by atoms with Gasteiger partial charge in [0.25, 0.3) is 0 Å². The van der Waals surface area contributed by atoms with Gasteiger partial charge in [-0.2, -0.15) is 0 Å². The number of hydrogen-bond acceptors (Lipinski definition) is 4. The number of likely N-dealkylation sites (tertiary alicyclic amines) is 1. The Morgan fingerprint density at radius 3 is 2.31 bits per heavy atom. The molecule has 0 aromatic heterocycles. The highest BCUT2D eigenvalue weighted by Gasteiger charge is 2.27. The molecule has 154 valence electrons. The highest BCUT2D eigenvalue weighted by molar-refractivity contribution is 6.30. The normalized spacial score (nSPS) is 16.2. The molecule has 1 heterocycles. The van der Waals surface area contributed by atoms with Crippen molar-refractivity contribution in [3.63, 3.8) is 0 Å². The van der Waals surface area contributed by atoms with Gasteiger partial charge in [-0.3, -0.25) is 14.5 Å². The number of nitrogens with one attached hydrogen (secondary N) is 1. The molecule has 2 aromatic carbocycles. The quantitative estimate of drug-likeness (QED) is 0.700. The Morgan fingerprint density at radius 1 is 1.07 bits per heavy atom. The number of nitrogens with zero attached hydrogens (tertiary/aromatic N) is 1. The van der Waals surface area contributed by atoms with Crippen LogP contribution in [0.25, 0.3) is 0 Å². The summed E-state index contributed by atoms with van der Waals surface area (Å²) in [5, 5.41) is 3.82. The highest BCUT2D eigenvalue weighted by atomic mass is 35.5. The zero-order chi connectivity index (χ0) is 20.6. The Bertz CT molecular complexity index is 803. The van der Waals surface area contributed by atoms with Crippen molar-refractivity contribution in [2.75, 3.05) is 26.2 Å². The van der Waals surface area contributed by atoms with E-state index in [0.717, 1.165) is 24.0 Å². The van der Waals surface area contributed by atoms with Crippen LogP contribution in [-0.4, -0.2) is 43.0 Å². The van der Waals surface area contributed by atoms with Crippen molar-refractivity contribution in [1.29, 1.82) is 0 Å². The van der Waals surface area contributed by atoms with Crippen LogP contribution in [0.1, 0.15) is 36.9 Å². The van der Waals surface area contributed by atoms with Gasteiger partial charge in [-0.1, -0.05) is 54.1 Å². The molecular weight excluding hydrogens is 388 g/mol. The fourth-order valence-electron chi connectivity index (χ4n) is 3.66. The van der Waals surface area contributed by atoms with E-state index in [4.69, 9.17) is 16.3 Å². The van der Waals surface area contributed by atoms with Gasteiger partial charge >= 0.3 is 5.97 Å². The second-order valence-electron chi connectivity index (χ2n) is 7.27. The first-order valence-corrected chi connectivity index (χ1v) is 10.4. The zero-order valence-corrected chi connectivity index (χ0v) is 17.4. The van der Waals surface area contributed by atoms with Crippen LogP contribution in [0.3, 0.4) is 0 Å². The molecule has 0 saturated carbocycles. The third-order valence-corrected chi connectivity index (χ3v) is 5.47. The Hall–Kier alpha value is -2.37. The molecule has 1 atom stereocenters. The predicted octanol–water partition coefficient (Wildman–Crippen LogP) is 3.82. The van der Waals surface area contributed by atoms with Gasteiger partial charge in [0.15, 0.2) is 0 Å². The van der Waals surface area contributed by atoms with Crippen molar-refractivity contribution < 1.29 is 14.3 Å². The minimum atomic E-state index is -0.238. The summed E-state index contributed by atoms with van der Waals surface area (Å²) in [4.78, 5) is 26.8. The molecule has 1 aliphatic rings. The molecule has 1 fully saturated rings. The summed E-state index contributed by atoms with van der Waals surface area (Å²) in [6.07, 6.45) is 1.46. The number of carbonyl (C=O) groups excluding carboxylic acids is 2. The van der Waals surface area contributed by atoms with Crippen LogP contribution in [0.2, 0.25) is 5.02 Å². The van der Waals surface area contributed by atoms with Crippen LogP contribution >= 0.6 is 11.6 Å². The maximum Gasteiger partial charge on any atom is 0.309 e. The van der Waals surface area contributed by atoms with Crippen molar-refractivity contribution >= 4 is 23.5 Å². The number of hydrogen-bond donors (Lipinski definition) is 1. The van der Waals surface area contributed by atoms with E-state index in [1.165, 1.54) is 0 Å². The smallest absolute Gasteiger partial charge is 0.309 e. The van der Waals surface area contributed by atoms with Gasteiger partial charge in [0.2, 0.25) is 5.91 Å². The highest BCUT2D eigenvalue weighted by Crippen LogP contribution is 2.24. The van der Waals surface area contributed by atoms with Crippen LogP contribution in [0, 0.1) is 5.92 Å². The zero-order valence-electron chi connectivity index (χ0n) is 16.6. The van der Waals surface area contributed by atoms with Crippen molar-refractivity contribution in [1.82, 2.24) is 10.2 Å². The van der Waals surface area contributed by atoms with Gasteiger partial charge < -0.3 is 10.1 Å². The van der Waals surface area contributed by atoms with Crippen molar-refractivity contribution in [3.05, 3.63) is 70.7 Å². The average Bonchev–Trinajstić information content (AvgIpc) is 2.74. The maximum absolute atomic E-state index is 12.8. The molecule has 3 rings (SSSR count). The molecule has 1 aliphatic heterocycles. The Labute approximate surface area is 177 Å². The number of esters is 1. The lowest BCUT2D eigenvalue weighted by Crippen LogP contribution is -2.43. The maximum atomic E-state index is 12.8. The van der Waals surface area contributed by atoms with E-state index in [2.05, 4.69) is 10.2 Å². The van der Waals surface area contributed by atoms with Crippen molar-refractivity contribution in [2.24, 2.45) is 5.92 Å². The molecular formula is C23H27ClN2O3. The average molecular weight is 415 g/mol. The minimum Gasteiger partial charge on any atom is -0.466 e. The molecule has 1 amide bonds. The second-order valence-corrected chi connectivity index (χ2v) is 7.70. The fourth-order valence-corrected chi connectivity index (χ4v) is 3.78. The lowest BCUT2D eigenvalue weighted by molar-refractivity contribution is -0.149. The van der Waals surface area contributed by atoms with Gasteiger partial charge in [0.1, 0.15) is 0 Å². The first-order chi connectivity index (χ1) is 14.1. The first kappa shape index (κ1) is 21.3. The summed E-state index contributed by atoms with van der Waals surface area (Å²) in [5.41, 5.74) is 2.00. The molecule has 0 radical (unpaired) electrons. The number of rotatable bonds is 7. The van der Waals surface area contributed by atoms with Gasteiger partial charge in [-0.25, -0.2) is 0 Å². The molecule has 5 nitrogen and oxygen atoms in total. The lowest BCUT2D eigenvalue weighted by atomic mass is 9.97.